The largest absolute Gasteiger partial charge is 0.378 e. The molecule has 0 unspecified atom stereocenters. The molecular weight excluding hydrogens is 284 g/mol. The van der Waals surface area contributed by atoms with Crippen molar-refractivity contribution in [2.75, 3.05) is 12.4 Å². The normalized spacial score (nSPS) is 16.0. The third-order valence-corrected chi connectivity index (χ3v) is 4.99. The maximum absolute atomic E-state index is 4.38. The Labute approximate surface area is 139 Å². The first-order valence-corrected chi connectivity index (χ1v) is 8.72. The zero-order valence-corrected chi connectivity index (χ0v) is 14.3. The van der Waals surface area contributed by atoms with Crippen LogP contribution in [0.1, 0.15) is 43.5 Å². The molecule has 2 aromatic rings. The van der Waals surface area contributed by atoms with Crippen LogP contribution in [0.5, 0.6) is 0 Å². The Balaban J connectivity index is 1.64. The van der Waals surface area contributed by atoms with E-state index >= 15 is 0 Å². The maximum Gasteiger partial charge on any atom is 0.127 e. The molecule has 3 rings (SSSR count). The molecule has 1 fully saturated rings. The SMILES string of the molecule is CN(Cc1ccccc1NCc1nccn1C)C1CCCCC1. The van der Waals surface area contributed by atoms with Crippen LogP contribution in [0.2, 0.25) is 0 Å². The minimum Gasteiger partial charge on any atom is -0.378 e. The molecule has 0 atom stereocenters. The summed E-state index contributed by atoms with van der Waals surface area (Å²) in [5.41, 5.74) is 2.59. The van der Waals surface area contributed by atoms with Crippen molar-refractivity contribution in [3.63, 3.8) is 0 Å². The fourth-order valence-corrected chi connectivity index (χ4v) is 3.49. The first-order valence-electron chi connectivity index (χ1n) is 8.72. The van der Waals surface area contributed by atoms with E-state index in [1.807, 2.05) is 19.4 Å². The molecule has 0 saturated heterocycles. The van der Waals surface area contributed by atoms with Gasteiger partial charge in [0, 0.05) is 37.7 Å². The number of rotatable bonds is 6. The molecule has 1 N–H and O–H groups in total. The summed E-state index contributed by atoms with van der Waals surface area (Å²) in [6, 6.07) is 9.39. The molecule has 0 aliphatic heterocycles. The lowest BCUT2D eigenvalue weighted by molar-refractivity contribution is 0.185. The highest BCUT2D eigenvalue weighted by Crippen LogP contribution is 2.25. The van der Waals surface area contributed by atoms with E-state index in [1.165, 1.54) is 43.4 Å². The van der Waals surface area contributed by atoms with E-state index in [4.69, 9.17) is 0 Å². The highest BCUT2D eigenvalue weighted by atomic mass is 15.1. The van der Waals surface area contributed by atoms with Crippen LogP contribution in [-0.4, -0.2) is 27.5 Å². The zero-order chi connectivity index (χ0) is 16.1. The Morgan fingerprint density at radius 2 is 2.00 bits per heavy atom. The van der Waals surface area contributed by atoms with Crippen molar-refractivity contribution in [1.29, 1.82) is 0 Å². The van der Waals surface area contributed by atoms with E-state index in [9.17, 15) is 0 Å². The van der Waals surface area contributed by atoms with Crippen LogP contribution in [0, 0.1) is 0 Å². The Morgan fingerprint density at radius 1 is 1.22 bits per heavy atom. The van der Waals surface area contributed by atoms with Gasteiger partial charge < -0.3 is 9.88 Å². The number of hydrogen-bond acceptors (Lipinski definition) is 3. The second kappa shape index (κ2) is 7.64. The molecule has 4 heteroatoms. The molecule has 1 aromatic heterocycles. The van der Waals surface area contributed by atoms with E-state index in [-0.39, 0.29) is 0 Å². The van der Waals surface area contributed by atoms with Crippen molar-refractivity contribution in [1.82, 2.24) is 14.5 Å². The number of aryl methyl sites for hydroxylation is 1. The lowest BCUT2D eigenvalue weighted by Crippen LogP contribution is -2.33. The van der Waals surface area contributed by atoms with Crippen LogP contribution in [-0.2, 0) is 20.1 Å². The second-order valence-corrected chi connectivity index (χ2v) is 6.67. The van der Waals surface area contributed by atoms with Crippen LogP contribution >= 0.6 is 0 Å². The molecule has 23 heavy (non-hydrogen) atoms. The molecule has 1 saturated carbocycles. The van der Waals surface area contributed by atoms with Gasteiger partial charge in [-0.3, -0.25) is 4.90 Å². The fourth-order valence-electron chi connectivity index (χ4n) is 3.49. The third-order valence-electron chi connectivity index (χ3n) is 4.99. The molecule has 0 radical (unpaired) electrons. The van der Waals surface area contributed by atoms with Crippen molar-refractivity contribution in [2.45, 2.75) is 51.2 Å². The Morgan fingerprint density at radius 3 is 2.74 bits per heavy atom. The number of para-hydroxylation sites is 1. The van der Waals surface area contributed by atoms with Gasteiger partial charge in [0.15, 0.2) is 0 Å². The number of hydrogen-bond donors (Lipinski definition) is 1. The van der Waals surface area contributed by atoms with Crippen molar-refractivity contribution < 1.29 is 0 Å². The molecule has 0 amide bonds. The highest BCUT2D eigenvalue weighted by molar-refractivity contribution is 5.51. The van der Waals surface area contributed by atoms with Crippen LogP contribution in [0.15, 0.2) is 36.7 Å². The molecule has 1 aliphatic carbocycles. The summed E-state index contributed by atoms with van der Waals surface area (Å²) in [7, 11) is 4.30. The molecular formula is C19H28N4. The monoisotopic (exact) mass is 312 g/mol. The summed E-state index contributed by atoms with van der Waals surface area (Å²) in [5, 5.41) is 3.55. The smallest absolute Gasteiger partial charge is 0.127 e. The highest BCUT2D eigenvalue weighted by Gasteiger charge is 2.18. The molecule has 4 nitrogen and oxygen atoms in total. The van der Waals surface area contributed by atoms with Gasteiger partial charge >= 0.3 is 0 Å². The van der Waals surface area contributed by atoms with Gasteiger partial charge in [0.1, 0.15) is 5.82 Å². The Kier molecular flexibility index (Phi) is 5.34. The van der Waals surface area contributed by atoms with E-state index in [2.05, 4.69) is 51.1 Å². The molecule has 124 valence electrons. The van der Waals surface area contributed by atoms with E-state index in [1.54, 1.807) is 0 Å². The van der Waals surface area contributed by atoms with Crippen LogP contribution in [0.3, 0.4) is 0 Å². The van der Waals surface area contributed by atoms with E-state index < -0.39 is 0 Å². The second-order valence-electron chi connectivity index (χ2n) is 6.67. The van der Waals surface area contributed by atoms with E-state index in [0.29, 0.717) is 0 Å². The fraction of sp³-hybridized carbons (Fsp3) is 0.526. The minimum atomic E-state index is 0.742. The number of aromatic nitrogens is 2. The number of nitrogens with zero attached hydrogens (tertiary/aromatic N) is 3. The average molecular weight is 312 g/mol. The first kappa shape index (κ1) is 16.1. The van der Waals surface area contributed by atoms with Gasteiger partial charge in [0.25, 0.3) is 0 Å². The molecule has 1 heterocycles. The number of nitrogens with one attached hydrogen (secondary N) is 1. The lowest BCUT2D eigenvalue weighted by atomic mass is 9.94. The van der Waals surface area contributed by atoms with Gasteiger partial charge in [0.2, 0.25) is 0 Å². The molecule has 0 bridgehead atoms. The third kappa shape index (κ3) is 4.14. The van der Waals surface area contributed by atoms with Gasteiger partial charge in [-0.05, 0) is 31.5 Å². The topological polar surface area (TPSA) is 33.1 Å². The molecule has 1 aromatic carbocycles. The average Bonchev–Trinajstić information content (AvgIpc) is 3.00. The summed E-state index contributed by atoms with van der Waals surface area (Å²) in [5.74, 6) is 1.06. The maximum atomic E-state index is 4.38. The van der Waals surface area contributed by atoms with E-state index in [0.717, 1.165) is 25.0 Å². The predicted molar refractivity (Wildman–Crippen MR) is 95.3 cm³/mol. The Hall–Kier alpha value is -1.81. The van der Waals surface area contributed by atoms with Crippen molar-refractivity contribution >= 4 is 5.69 Å². The van der Waals surface area contributed by atoms with Gasteiger partial charge in [-0.1, -0.05) is 37.5 Å². The zero-order valence-electron chi connectivity index (χ0n) is 14.3. The first-order chi connectivity index (χ1) is 11.2. The number of imidazole rings is 1. The number of benzene rings is 1. The van der Waals surface area contributed by atoms with Crippen LogP contribution in [0.4, 0.5) is 5.69 Å². The van der Waals surface area contributed by atoms with Crippen molar-refractivity contribution in [2.24, 2.45) is 7.05 Å². The number of anilines is 1. The van der Waals surface area contributed by atoms with Crippen LogP contribution < -0.4 is 5.32 Å². The predicted octanol–water partition coefficient (Wildman–Crippen LogP) is 3.80. The standard InChI is InChI=1S/C19H28N4/c1-22-13-12-20-19(22)14-21-18-11-7-6-8-16(18)15-23(2)17-9-4-3-5-10-17/h6-8,11-13,17,21H,3-5,9-10,14-15H2,1-2H3. The summed E-state index contributed by atoms with van der Waals surface area (Å²) in [6.07, 6.45) is 10.7. The quantitative estimate of drug-likeness (QED) is 0.881. The summed E-state index contributed by atoms with van der Waals surface area (Å²) in [4.78, 5) is 6.91. The minimum absolute atomic E-state index is 0.742. The van der Waals surface area contributed by atoms with Gasteiger partial charge in [0.05, 0.1) is 6.54 Å². The van der Waals surface area contributed by atoms with Crippen LogP contribution in [0.25, 0.3) is 0 Å². The summed E-state index contributed by atoms with van der Waals surface area (Å²) in [6.45, 7) is 1.77. The van der Waals surface area contributed by atoms with Gasteiger partial charge in [-0.2, -0.15) is 0 Å². The van der Waals surface area contributed by atoms with Gasteiger partial charge in [-0.15, -0.1) is 0 Å². The molecule has 1 aliphatic rings. The van der Waals surface area contributed by atoms with Crippen molar-refractivity contribution in [3.8, 4) is 0 Å². The molecule has 0 spiro atoms. The Bertz CT molecular complexity index is 613. The summed E-state index contributed by atoms with van der Waals surface area (Å²) < 4.78 is 2.06. The summed E-state index contributed by atoms with van der Waals surface area (Å²) >= 11 is 0. The van der Waals surface area contributed by atoms with Gasteiger partial charge in [-0.25, -0.2) is 4.98 Å². The van der Waals surface area contributed by atoms with Crippen molar-refractivity contribution in [3.05, 3.63) is 48.0 Å². The lowest BCUT2D eigenvalue weighted by Gasteiger charge is -2.31.